The molecule has 3 rings (SSSR count). The lowest BCUT2D eigenvalue weighted by atomic mass is 9.97. The van der Waals surface area contributed by atoms with Gasteiger partial charge < -0.3 is 14.2 Å². The number of Topliss-reactive ketones (excluding diaryl/α,β-unsaturated/α-hetero) is 1. The van der Waals surface area contributed by atoms with Crippen LogP contribution in [-0.2, 0) is 16.0 Å². The molecule has 0 bridgehead atoms. The number of carbonyl (C=O) groups excluding carboxylic acids is 2. The predicted octanol–water partition coefficient (Wildman–Crippen LogP) is 3.72. The second-order valence-electron chi connectivity index (χ2n) is 5.95. The molecule has 26 heavy (non-hydrogen) atoms. The van der Waals surface area contributed by atoms with Gasteiger partial charge in [0.25, 0.3) is 0 Å². The molecule has 0 unspecified atom stereocenters. The van der Waals surface area contributed by atoms with E-state index in [4.69, 9.17) is 25.8 Å². The summed E-state index contributed by atoms with van der Waals surface area (Å²) in [4.78, 5) is 24.4. The number of rotatable bonds is 6. The van der Waals surface area contributed by atoms with Crippen LogP contribution in [0.4, 0.5) is 0 Å². The van der Waals surface area contributed by atoms with E-state index < -0.39 is 11.9 Å². The van der Waals surface area contributed by atoms with Gasteiger partial charge in [0.2, 0.25) is 0 Å². The number of carbonyl (C=O) groups is 2. The van der Waals surface area contributed by atoms with E-state index in [1.807, 2.05) is 6.92 Å². The van der Waals surface area contributed by atoms with Crippen LogP contribution in [0.15, 0.2) is 42.5 Å². The number of halogens is 1. The second kappa shape index (κ2) is 8.23. The van der Waals surface area contributed by atoms with Crippen molar-refractivity contribution >= 4 is 23.4 Å². The van der Waals surface area contributed by atoms with E-state index in [2.05, 4.69) is 0 Å². The maximum absolute atomic E-state index is 12.3. The maximum atomic E-state index is 12.3. The van der Waals surface area contributed by atoms with Gasteiger partial charge in [-0.3, -0.25) is 9.59 Å². The van der Waals surface area contributed by atoms with E-state index in [9.17, 15) is 9.59 Å². The molecule has 0 radical (unpaired) electrons. The lowest BCUT2D eigenvalue weighted by molar-refractivity contribution is -0.148. The largest absolute Gasteiger partial charge is 0.494 e. The molecule has 0 spiro atoms. The van der Waals surface area contributed by atoms with Crippen LogP contribution < -0.4 is 9.47 Å². The molecule has 0 amide bonds. The van der Waals surface area contributed by atoms with E-state index in [1.54, 1.807) is 42.5 Å². The topological polar surface area (TPSA) is 61.8 Å². The van der Waals surface area contributed by atoms with Crippen LogP contribution >= 0.6 is 11.6 Å². The molecule has 0 aliphatic carbocycles. The second-order valence-corrected chi connectivity index (χ2v) is 6.39. The van der Waals surface area contributed by atoms with Crippen molar-refractivity contribution < 1.29 is 23.8 Å². The number of benzene rings is 2. The molecule has 0 saturated heterocycles. The Morgan fingerprint density at radius 2 is 1.96 bits per heavy atom. The molecule has 0 saturated carbocycles. The van der Waals surface area contributed by atoms with Gasteiger partial charge in [-0.15, -0.1) is 0 Å². The van der Waals surface area contributed by atoms with Crippen LogP contribution in [0, 0.1) is 5.92 Å². The molecule has 0 aromatic heterocycles. The van der Waals surface area contributed by atoms with Crippen LogP contribution in [0.1, 0.15) is 22.8 Å². The normalized spacial score (nSPS) is 15.5. The van der Waals surface area contributed by atoms with Gasteiger partial charge >= 0.3 is 5.97 Å². The van der Waals surface area contributed by atoms with E-state index in [-0.39, 0.29) is 19.0 Å². The highest BCUT2D eigenvalue weighted by atomic mass is 35.5. The summed E-state index contributed by atoms with van der Waals surface area (Å²) in [6.45, 7) is 2.37. The van der Waals surface area contributed by atoms with Gasteiger partial charge in [0, 0.05) is 10.6 Å². The van der Waals surface area contributed by atoms with Crippen molar-refractivity contribution in [3.05, 3.63) is 58.6 Å². The first kappa shape index (κ1) is 18.3. The highest BCUT2D eigenvalue weighted by molar-refractivity contribution is 6.30. The monoisotopic (exact) mass is 374 g/mol. The van der Waals surface area contributed by atoms with E-state index in [1.165, 1.54) is 0 Å². The van der Waals surface area contributed by atoms with Gasteiger partial charge in [0.1, 0.15) is 18.1 Å². The van der Waals surface area contributed by atoms with Crippen LogP contribution in [-0.4, -0.2) is 31.6 Å². The third-order valence-electron chi connectivity index (χ3n) is 4.10. The van der Waals surface area contributed by atoms with Gasteiger partial charge in [-0.2, -0.15) is 0 Å². The Balaban J connectivity index is 1.54. The van der Waals surface area contributed by atoms with Crippen LogP contribution in [0.25, 0.3) is 0 Å². The Hall–Kier alpha value is -2.53. The first-order valence-electron chi connectivity index (χ1n) is 8.40. The van der Waals surface area contributed by atoms with Crippen molar-refractivity contribution in [3.63, 3.8) is 0 Å². The Labute approximate surface area is 156 Å². The number of hydrogen-bond acceptors (Lipinski definition) is 5. The van der Waals surface area contributed by atoms with Crippen molar-refractivity contribution in [1.82, 2.24) is 0 Å². The molecule has 0 fully saturated rings. The first-order valence-corrected chi connectivity index (χ1v) is 8.78. The Morgan fingerprint density at radius 3 is 2.69 bits per heavy atom. The third-order valence-corrected chi connectivity index (χ3v) is 4.33. The lowest BCUT2D eigenvalue weighted by Crippen LogP contribution is -2.31. The van der Waals surface area contributed by atoms with Crippen LogP contribution in [0.3, 0.4) is 0 Å². The molecule has 6 heteroatoms. The van der Waals surface area contributed by atoms with Crippen molar-refractivity contribution in [1.29, 1.82) is 0 Å². The number of esters is 1. The number of ether oxygens (including phenoxy) is 3. The highest BCUT2D eigenvalue weighted by Crippen LogP contribution is 2.30. The standard InChI is InChI=1S/C20H19ClO5/c1-2-24-17-6-3-13(4-7-17)18(22)12-26-20(23)15-9-14-10-16(21)5-8-19(14)25-11-15/h3-8,10,15H,2,9,11-12H2,1H3/t15-/m1/s1. The maximum Gasteiger partial charge on any atom is 0.313 e. The van der Waals surface area contributed by atoms with Crippen molar-refractivity contribution in [2.24, 2.45) is 5.92 Å². The first-order chi connectivity index (χ1) is 12.6. The summed E-state index contributed by atoms with van der Waals surface area (Å²) >= 11 is 5.98. The molecular weight excluding hydrogens is 356 g/mol. The summed E-state index contributed by atoms with van der Waals surface area (Å²) in [6, 6.07) is 12.1. The van der Waals surface area contributed by atoms with E-state index in [0.717, 1.165) is 11.3 Å². The molecule has 5 nitrogen and oxygen atoms in total. The minimum absolute atomic E-state index is 0.227. The van der Waals surface area contributed by atoms with Crippen molar-refractivity contribution in [3.8, 4) is 11.5 Å². The van der Waals surface area contributed by atoms with E-state index >= 15 is 0 Å². The van der Waals surface area contributed by atoms with Gasteiger partial charge in [0.15, 0.2) is 12.4 Å². The fourth-order valence-corrected chi connectivity index (χ4v) is 2.95. The fraction of sp³-hybridized carbons (Fsp3) is 0.300. The number of hydrogen-bond donors (Lipinski definition) is 0. The quantitative estimate of drug-likeness (QED) is 0.569. The number of ketones is 1. The molecule has 1 aliphatic rings. The third kappa shape index (κ3) is 4.35. The van der Waals surface area contributed by atoms with E-state index in [0.29, 0.717) is 29.4 Å². The van der Waals surface area contributed by atoms with Gasteiger partial charge in [0.05, 0.1) is 12.5 Å². The zero-order valence-corrected chi connectivity index (χ0v) is 15.1. The predicted molar refractivity (Wildman–Crippen MR) is 97.0 cm³/mol. The van der Waals surface area contributed by atoms with Crippen LogP contribution in [0.2, 0.25) is 5.02 Å². The molecule has 1 aliphatic heterocycles. The molecular formula is C20H19ClO5. The van der Waals surface area contributed by atoms with Gasteiger partial charge in [-0.05, 0) is 61.4 Å². The van der Waals surface area contributed by atoms with Gasteiger partial charge in [-0.25, -0.2) is 0 Å². The SMILES string of the molecule is CCOc1ccc(C(=O)COC(=O)[C@H]2COc3ccc(Cl)cc3C2)cc1. The zero-order valence-electron chi connectivity index (χ0n) is 14.4. The molecule has 1 heterocycles. The van der Waals surface area contributed by atoms with Crippen molar-refractivity contribution in [2.75, 3.05) is 19.8 Å². The number of fused-ring (bicyclic) bond motifs is 1. The minimum Gasteiger partial charge on any atom is -0.494 e. The smallest absolute Gasteiger partial charge is 0.313 e. The van der Waals surface area contributed by atoms with Gasteiger partial charge in [-0.1, -0.05) is 11.6 Å². The Morgan fingerprint density at radius 1 is 1.19 bits per heavy atom. The average Bonchev–Trinajstić information content (AvgIpc) is 2.66. The average molecular weight is 375 g/mol. The summed E-state index contributed by atoms with van der Waals surface area (Å²) in [6.07, 6.45) is 0.478. The molecule has 2 aromatic carbocycles. The summed E-state index contributed by atoms with van der Waals surface area (Å²) in [5.74, 6) is 0.257. The minimum atomic E-state index is -0.450. The molecule has 2 aromatic rings. The van der Waals surface area contributed by atoms with Crippen LogP contribution in [0.5, 0.6) is 11.5 Å². The van der Waals surface area contributed by atoms with Crippen molar-refractivity contribution in [2.45, 2.75) is 13.3 Å². The Kier molecular flexibility index (Phi) is 5.78. The Bertz CT molecular complexity index is 800. The lowest BCUT2D eigenvalue weighted by Gasteiger charge is -2.24. The summed E-state index contributed by atoms with van der Waals surface area (Å²) in [5.41, 5.74) is 1.34. The highest BCUT2D eigenvalue weighted by Gasteiger charge is 2.28. The molecule has 136 valence electrons. The zero-order chi connectivity index (χ0) is 18.5. The summed E-state index contributed by atoms with van der Waals surface area (Å²) < 4.78 is 16.1. The fourth-order valence-electron chi connectivity index (χ4n) is 2.76. The summed E-state index contributed by atoms with van der Waals surface area (Å²) in [7, 11) is 0. The summed E-state index contributed by atoms with van der Waals surface area (Å²) in [5, 5.41) is 0.590. The molecule has 0 N–H and O–H groups in total. The molecule has 1 atom stereocenters.